The summed E-state index contributed by atoms with van der Waals surface area (Å²) in [5.74, 6) is 0.229. The van der Waals surface area contributed by atoms with Crippen LogP contribution < -0.4 is 4.74 Å². The van der Waals surface area contributed by atoms with Gasteiger partial charge < -0.3 is 14.7 Å². The summed E-state index contributed by atoms with van der Waals surface area (Å²) >= 11 is 5.87. The Bertz CT molecular complexity index is 801. The van der Waals surface area contributed by atoms with E-state index in [1.54, 1.807) is 41.3 Å². The van der Waals surface area contributed by atoms with Gasteiger partial charge in [-0.25, -0.2) is 4.39 Å². The van der Waals surface area contributed by atoms with Gasteiger partial charge in [-0.2, -0.15) is 0 Å². The Labute approximate surface area is 175 Å². The van der Waals surface area contributed by atoms with E-state index in [0.717, 1.165) is 5.56 Å². The lowest BCUT2D eigenvalue weighted by Crippen LogP contribution is -2.59. The monoisotopic (exact) mass is 420 g/mol. The minimum atomic E-state index is -0.254. The van der Waals surface area contributed by atoms with Crippen molar-refractivity contribution in [3.8, 4) is 5.75 Å². The smallest absolute Gasteiger partial charge is 0.260 e. The molecule has 156 valence electrons. The standard InChI is InChI=1S/C22H26ClFN2O3/c1-16-12-26(22(28)15-29-21-8-4-18(23)5-9-21)20(10-11-27)14-25(16)13-17-2-6-19(24)7-3-17/h2-9,16,20,27H,10-15H2,1H3/t16-,20+/m0/s1. The van der Waals surface area contributed by atoms with Gasteiger partial charge in [-0.05, 0) is 55.3 Å². The fourth-order valence-electron chi connectivity index (χ4n) is 3.60. The summed E-state index contributed by atoms with van der Waals surface area (Å²) in [6.45, 7) is 3.88. The molecule has 0 aliphatic carbocycles. The van der Waals surface area contributed by atoms with E-state index in [2.05, 4.69) is 11.8 Å². The molecular formula is C22H26ClFN2O3. The van der Waals surface area contributed by atoms with Gasteiger partial charge in [-0.3, -0.25) is 9.69 Å². The number of amides is 1. The fraction of sp³-hybridized carbons (Fsp3) is 0.409. The molecule has 1 aliphatic rings. The van der Waals surface area contributed by atoms with Crippen molar-refractivity contribution in [1.29, 1.82) is 0 Å². The molecular weight excluding hydrogens is 395 g/mol. The summed E-state index contributed by atoms with van der Waals surface area (Å²) < 4.78 is 18.8. The Balaban J connectivity index is 1.62. The molecule has 3 rings (SSSR count). The number of aliphatic hydroxyl groups is 1. The highest BCUT2D eigenvalue weighted by atomic mass is 35.5. The lowest BCUT2D eigenvalue weighted by molar-refractivity contribution is -0.140. The van der Waals surface area contributed by atoms with Gasteiger partial charge >= 0.3 is 0 Å². The predicted molar refractivity (Wildman–Crippen MR) is 110 cm³/mol. The molecule has 29 heavy (non-hydrogen) atoms. The average Bonchev–Trinajstić information content (AvgIpc) is 2.71. The fourth-order valence-corrected chi connectivity index (χ4v) is 3.73. The Morgan fingerprint density at radius 3 is 2.52 bits per heavy atom. The Morgan fingerprint density at radius 2 is 1.86 bits per heavy atom. The summed E-state index contributed by atoms with van der Waals surface area (Å²) in [5, 5.41) is 10.1. The molecule has 0 saturated carbocycles. The first kappa shape index (κ1) is 21.6. The number of halogens is 2. The van der Waals surface area contributed by atoms with E-state index in [0.29, 0.717) is 36.8 Å². The molecule has 1 amide bonds. The number of piperazine rings is 1. The van der Waals surface area contributed by atoms with Crippen molar-refractivity contribution in [1.82, 2.24) is 9.80 Å². The number of hydrogen-bond acceptors (Lipinski definition) is 4. The maximum absolute atomic E-state index is 13.2. The number of benzene rings is 2. The number of aliphatic hydroxyl groups excluding tert-OH is 1. The minimum Gasteiger partial charge on any atom is -0.484 e. The van der Waals surface area contributed by atoms with Crippen LogP contribution >= 0.6 is 11.6 Å². The van der Waals surface area contributed by atoms with Gasteiger partial charge in [0.05, 0.1) is 0 Å². The quantitative estimate of drug-likeness (QED) is 0.746. The Morgan fingerprint density at radius 1 is 1.17 bits per heavy atom. The number of ether oxygens (including phenoxy) is 1. The third-order valence-electron chi connectivity index (χ3n) is 5.23. The van der Waals surface area contributed by atoms with Crippen LogP contribution in [0.4, 0.5) is 4.39 Å². The molecule has 1 aliphatic heterocycles. The number of nitrogens with zero attached hydrogens (tertiary/aromatic N) is 2. The highest BCUT2D eigenvalue weighted by molar-refractivity contribution is 6.30. The van der Waals surface area contributed by atoms with Crippen molar-refractivity contribution in [2.75, 3.05) is 26.3 Å². The van der Waals surface area contributed by atoms with Gasteiger partial charge in [0.25, 0.3) is 5.91 Å². The molecule has 1 saturated heterocycles. The van der Waals surface area contributed by atoms with Crippen LogP contribution in [0.25, 0.3) is 0 Å². The zero-order valence-electron chi connectivity index (χ0n) is 16.4. The third-order valence-corrected chi connectivity index (χ3v) is 5.48. The molecule has 0 radical (unpaired) electrons. The Kier molecular flexibility index (Phi) is 7.47. The summed E-state index contributed by atoms with van der Waals surface area (Å²) in [7, 11) is 0. The Hall–Kier alpha value is -2.15. The zero-order chi connectivity index (χ0) is 20.8. The summed E-state index contributed by atoms with van der Waals surface area (Å²) in [6, 6.07) is 13.4. The van der Waals surface area contributed by atoms with Crippen molar-refractivity contribution in [2.45, 2.75) is 32.0 Å². The van der Waals surface area contributed by atoms with E-state index in [1.165, 1.54) is 12.1 Å². The minimum absolute atomic E-state index is 0.00522. The normalized spacial score (nSPS) is 19.9. The molecule has 0 spiro atoms. The van der Waals surface area contributed by atoms with E-state index in [1.807, 2.05) is 0 Å². The lowest BCUT2D eigenvalue weighted by atomic mass is 10.0. The molecule has 0 bridgehead atoms. The van der Waals surface area contributed by atoms with Crippen LogP contribution in [0.1, 0.15) is 18.9 Å². The van der Waals surface area contributed by atoms with Gasteiger partial charge in [-0.15, -0.1) is 0 Å². The van der Waals surface area contributed by atoms with Crippen LogP contribution in [-0.2, 0) is 11.3 Å². The first-order chi connectivity index (χ1) is 14.0. The van der Waals surface area contributed by atoms with Gasteiger partial charge in [0.2, 0.25) is 0 Å². The van der Waals surface area contributed by atoms with Crippen molar-refractivity contribution >= 4 is 17.5 Å². The van der Waals surface area contributed by atoms with Crippen molar-refractivity contribution in [2.24, 2.45) is 0 Å². The highest BCUT2D eigenvalue weighted by Gasteiger charge is 2.34. The van der Waals surface area contributed by atoms with Crippen LogP contribution in [0.3, 0.4) is 0 Å². The zero-order valence-corrected chi connectivity index (χ0v) is 17.2. The van der Waals surface area contributed by atoms with Crippen molar-refractivity contribution in [3.63, 3.8) is 0 Å². The van der Waals surface area contributed by atoms with E-state index in [9.17, 15) is 14.3 Å². The average molecular weight is 421 g/mol. The van der Waals surface area contributed by atoms with Gasteiger partial charge in [0.15, 0.2) is 6.61 Å². The second-order valence-corrected chi connectivity index (χ2v) is 7.80. The van der Waals surface area contributed by atoms with Crippen LogP contribution in [-0.4, -0.2) is 59.2 Å². The summed E-state index contributed by atoms with van der Waals surface area (Å²) in [4.78, 5) is 16.9. The van der Waals surface area contributed by atoms with Crippen LogP contribution in [0, 0.1) is 5.82 Å². The van der Waals surface area contributed by atoms with E-state index < -0.39 is 0 Å². The van der Waals surface area contributed by atoms with E-state index >= 15 is 0 Å². The second kappa shape index (κ2) is 10.1. The first-order valence-electron chi connectivity index (χ1n) is 9.73. The molecule has 1 fully saturated rings. The largest absolute Gasteiger partial charge is 0.484 e. The number of carbonyl (C=O) groups is 1. The van der Waals surface area contributed by atoms with Gasteiger partial charge in [-0.1, -0.05) is 23.7 Å². The second-order valence-electron chi connectivity index (χ2n) is 7.36. The summed E-state index contributed by atoms with van der Waals surface area (Å²) in [5.41, 5.74) is 1.02. The van der Waals surface area contributed by atoms with Crippen LogP contribution in [0.2, 0.25) is 5.02 Å². The molecule has 1 N–H and O–H groups in total. The molecule has 7 heteroatoms. The van der Waals surface area contributed by atoms with Gasteiger partial charge in [0.1, 0.15) is 11.6 Å². The highest BCUT2D eigenvalue weighted by Crippen LogP contribution is 2.21. The molecule has 2 aromatic rings. The van der Waals surface area contributed by atoms with E-state index in [-0.39, 0.29) is 37.0 Å². The lowest BCUT2D eigenvalue weighted by Gasteiger charge is -2.45. The SMILES string of the molecule is C[C@H]1CN(C(=O)COc2ccc(Cl)cc2)[C@H](CCO)CN1Cc1ccc(F)cc1. The number of carbonyl (C=O) groups excluding carboxylic acids is 1. The molecule has 5 nitrogen and oxygen atoms in total. The molecule has 2 aromatic carbocycles. The van der Waals surface area contributed by atoms with Crippen LogP contribution in [0.15, 0.2) is 48.5 Å². The number of hydrogen-bond donors (Lipinski definition) is 1. The third kappa shape index (κ3) is 5.92. The predicted octanol–water partition coefficient (Wildman–Crippen LogP) is 3.34. The molecule has 0 aromatic heterocycles. The topological polar surface area (TPSA) is 53.0 Å². The van der Waals surface area contributed by atoms with E-state index in [4.69, 9.17) is 16.3 Å². The van der Waals surface area contributed by atoms with Crippen LogP contribution in [0.5, 0.6) is 5.75 Å². The maximum atomic E-state index is 13.2. The molecule has 2 atom stereocenters. The van der Waals surface area contributed by atoms with Gasteiger partial charge in [0, 0.05) is 43.3 Å². The first-order valence-corrected chi connectivity index (χ1v) is 10.1. The number of rotatable bonds is 7. The summed E-state index contributed by atoms with van der Waals surface area (Å²) in [6.07, 6.45) is 0.499. The van der Waals surface area contributed by atoms with Crippen molar-refractivity contribution < 1.29 is 19.0 Å². The maximum Gasteiger partial charge on any atom is 0.260 e. The van der Waals surface area contributed by atoms with Crippen molar-refractivity contribution in [3.05, 3.63) is 64.9 Å². The molecule has 0 unspecified atom stereocenters. The molecule has 1 heterocycles.